The molecule has 0 unspecified atom stereocenters. The zero-order valence-electron chi connectivity index (χ0n) is 13.2. The molecule has 2 heterocycles. The van der Waals surface area contributed by atoms with Crippen molar-refractivity contribution in [2.24, 2.45) is 0 Å². The monoisotopic (exact) mass is 383 g/mol. The summed E-state index contributed by atoms with van der Waals surface area (Å²) < 4.78 is 1.48. The summed E-state index contributed by atoms with van der Waals surface area (Å²) in [6, 6.07) is 18.0. The minimum absolute atomic E-state index is 0.0888. The molecule has 0 spiro atoms. The van der Waals surface area contributed by atoms with E-state index in [1.54, 1.807) is 18.2 Å². The van der Waals surface area contributed by atoms with Crippen molar-refractivity contribution in [1.29, 1.82) is 0 Å². The number of carbonyl (C=O) groups is 1. The topological polar surface area (TPSA) is 67.5 Å². The van der Waals surface area contributed by atoms with Gasteiger partial charge in [-0.15, -0.1) is 0 Å². The lowest BCUT2D eigenvalue weighted by Crippen LogP contribution is -2.01. The molecule has 0 aliphatic rings. The Balaban J connectivity index is 2.04. The van der Waals surface area contributed by atoms with E-state index in [1.807, 2.05) is 36.4 Å². The molecule has 0 atom stereocenters. The number of carboxylic acid groups (broad SMARTS) is 1. The van der Waals surface area contributed by atoms with Crippen LogP contribution < -0.4 is 0 Å². The summed E-state index contributed by atoms with van der Waals surface area (Å²) in [5.41, 5.74) is 3.23. The predicted molar refractivity (Wildman–Crippen MR) is 101 cm³/mol. The van der Waals surface area contributed by atoms with E-state index >= 15 is 0 Å². The number of aromatic nitrogens is 3. The minimum Gasteiger partial charge on any atom is -0.476 e. The fourth-order valence-electron chi connectivity index (χ4n) is 2.72. The highest BCUT2D eigenvalue weighted by Gasteiger charge is 2.17. The first kappa shape index (κ1) is 16.6. The highest BCUT2D eigenvalue weighted by molar-refractivity contribution is 6.36. The molecule has 1 N–H and O–H groups in total. The van der Waals surface area contributed by atoms with E-state index in [1.165, 1.54) is 10.6 Å². The third-order valence-corrected chi connectivity index (χ3v) is 4.47. The van der Waals surface area contributed by atoms with Crippen molar-refractivity contribution in [2.75, 3.05) is 0 Å². The van der Waals surface area contributed by atoms with Gasteiger partial charge in [-0.2, -0.15) is 5.10 Å². The molecule has 4 aromatic rings. The molecule has 7 heteroatoms. The molecule has 0 aliphatic heterocycles. The van der Waals surface area contributed by atoms with Crippen LogP contribution in [0.3, 0.4) is 0 Å². The van der Waals surface area contributed by atoms with Crippen LogP contribution in [0.4, 0.5) is 0 Å². The van der Waals surface area contributed by atoms with Crippen molar-refractivity contribution in [3.8, 4) is 22.5 Å². The third kappa shape index (κ3) is 2.92. The molecule has 0 saturated heterocycles. The summed E-state index contributed by atoms with van der Waals surface area (Å²) in [5, 5.41) is 14.4. The Bertz CT molecular complexity index is 1140. The molecular formula is C19H11Cl2N3O2. The molecule has 4 rings (SSSR count). The maximum Gasteiger partial charge on any atom is 0.356 e. The number of halogens is 2. The summed E-state index contributed by atoms with van der Waals surface area (Å²) >= 11 is 12.4. The Morgan fingerprint density at radius 1 is 1.00 bits per heavy atom. The van der Waals surface area contributed by atoms with Gasteiger partial charge in [0.15, 0.2) is 11.3 Å². The van der Waals surface area contributed by atoms with Gasteiger partial charge < -0.3 is 5.11 Å². The number of fused-ring (bicyclic) bond motifs is 1. The molecule has 0 amide bonds. The van der Waals surface area contributed by atoms with Crippen LogP contribution in [-0.4, -0.2) is 25.7 Å². The van der Waals surface area contributed by atoms with E-state index in [0.29, 0.717) is 32.6 Å². The average molecular weight is 384 g/mol. The summed E-state index contributed by atoms with van der Waals surface area (Å²) in [6.45, 7) is 0. The molecule has 26 heavy (non-hydrogen) atoms. The normalized spacial score (nSPS) is 11.0. The molecule has 0 saturated carbocycles. The number of nitrogens with zero attached hydrogens (tertiary/aromatic N) is 3. The van der Waals surface area contributed by atoms with Gasteiger partial charge in [-0.3, -0.25) is 0 Å². The molecule has 2 aromatic heterocycles. The van der Waals surface area contributed by atoms with Crippen molar-refractivity contribution in [2.45, 2.75) is 0 Å². The predicted octanol–water partition coefficient (Wildman–Crippen LogP) is 5.07. The average Bonchev–Trinajstić information content (AvgIpc) is 3.06. The van der Waals surface area contributed by atoms with Crippen LogP contribution in [0.2, 0.25) is 10.0 Å². The Morgan fingerprint density at radius 2 is 1.77 bits per heavy atom. The number of rotatable bonds is 3. The first-order chi connectivity index (χ1) is 12.5. The van der Waals surface area contributed by atoms with Gasteiger partial charge >= 0.3 is 5.97 Å². The van der Waals surface area contributed by atoms with Gasteiger partial charge in [0.25, 0.3) is 0 Å². The second kappa shape index (κ2) is 6.44. The van der Waals surface area contributed by atoms with Crippen LogP contribution in [-0.2, 0) is 0 Å². The first-order valence-electron chi connectivity index (χ1n) is 7.68. The molecule has 0 bridgehead atoms. The molecular weight excluding hydrogens is 373 g/mol. The van der Waals surface area contributed by atoms with E-state index in [4.69, 9.17) is 23.2 Å². The van der Waals surface area contributed by atoms with Crippen molar-refractivity contribution < 1.29 is 9.90 Å². The van der Waals surface area contributed by atoms with Crippen LogP contribution in [0.25, 0.3) is 28.2 Å². The number of aromatic carboxylic acids is 1. The summed E-state index contributed by atoms with van der Waals surface area (Å²) in [7, 11) is 0. The van der Waals surface area contributed by atoms with E-state index < -0.39 is 5.97 Å². The Hall–Kier alpha value is -2.89. The largest absolute Gasteiger partial charge is 0.476 e. The molecule has 5 nitrogen and oxygen atoms in total. The quantitative estimate of drug-likeness (QED) is 0.536. The number of carboxylic acids is 1. The van der Waals surface area contributed by atoms with Gasteiger partial charge in [0.1, 0.15) is 0 Å². The lowest BCUT2D eigenvalue weighted by molar-refractivity contribution is 0.0690. The van der Waals surface area contributed by atoms with E-state index in [0.717, 1.165) is 5.56 Å². The zero-order valence-corrected chi connectivity index (χ0v) is 14.7. The Morgan fingerprint density at radius 3 is 2.46 bits per heavy atom. The minimum atomic E-state index is -1.12. The fourth-order valence-corrected chi connectivity index (χ4v) is 3.23. The number of hydrogen-bond acceptors (Lipinski definition) is 3. The van der Waals surface area contributed by atoms with Gasteiger partial charge in [-0.05, 0) is 24.3 Å². The summed E-state index contributed by atoms with van der Waals surface area (Å²) in [6.07, 6.45) is 0. The highest BCUT2D eigenvalue weighted by atomic mass is 35.5. The second-order valence-electron chi connectivity index (χ2n) is 5.62. The molecule has 128 valence electrons. The van der Waals surface area contributed by atoms with Gasteiger partial charge in [-0.25, -0.2) is 14.3 Å². The van der Waals surface area contributed by atoms with Gasteiger partial charge in [-0.1, -0.05) is 53.5 Å². The maximum atomic E-state index is 11.3. The highest BCUT2D eigenvalue weighted by Crippen LogP contribution is 2.32. The molecule has 2 aromatic carbocycles. The summed E-state index contributed by atoms with van der Waals surface area (Å²) in [4.78, 5) is 15.9. The Kier molecular flexibility index (Phi) is 4.11. The molecule has 0 radical (unpaired) electrons. The van der Waals surface area contributed by atoms with Crippen LogP contribution in [0.5, 0.6) is 0 Å². The zero-order chi connectivity index (χ0) is 18.3. The molecule has 0 fully saturated rings. The SMILES string of the molecule is O=C(O)c1cc2nc(-c3ccccc3)cc(-c3ccc(Cl)cc3Cl)n2n1. The van der Waals surface area contributed by atoms with Gasteiger partial charge in [0.2, 0.25) is 0 Å². The van der Waals surface area contributed by atoms with Crippen LogP contribution in [0.1, 0.15) is 10.5 Å². The van der Waals surface area contributed by atoms with Crippen molar-refractivity contribution >= 4 is 34.8 Å². The lowest BCUT2D eigenvalue weighted by Gasteiger charge is -2.10. The smallest absolute Gasteiger partial charge is 0.356 e. The van der Waals surface area contributed by atoms with Crippen molar-refractivity contribution in [3.63, 3.8) is 0 Å². The number of benzene rings is 2. The van der Waals surface area contributed by atoms with Crippen molar-refractivity contribution in [1.82, 2.24) is 14.6 Å². The standard InChI is InChI=1S/C19H11Cl2N3O2/c20-12-6-7-13(14(21)8-12)17-9-15(11-4-2-1-3-5-11)22-18-10-16(19(25)26)23-24(17)18/h1-10H,(H,25,26). The van der Waals surface area contributed by atoms with E-state index in [-0.39, 0.29) is 5.69 Å². The number of hydrogen-bond donors (Lipinski definition) is 1. The lowest BCUT2D eigenvalue weighted by atomic mass is 10.1. The fraction of sp³-hybridized carbons (Fsp3) is 0. The van der Waals surface area contributed by atoms with Gasteiger partial charge in [0, 0.05) is 22.2 Å². The van der Waals surface area contributed by atoms with Crippen molar-refractivity contribution in [3.05, 3.63) is 76.4 Å². The maximum absolute atomic E-state index is 11.3. The van der Waals surface area contributed by atoms with Crippen LogP contribution in [0, 0.1) is 0 Å². The van der Waals surface area contributed by atoms with Crippen LogP contribution >= 0.6 is 23.2 Å². The van der Waals surface area contributed by atoms with E-state index in [9.17, 15) is 9.90 Å². The first-order valence-corrected chi connectivity index (χ1v) is 8.43. The van der Waals surface area contributed by atoms with E-state index in [2.05, 4.69) is 10.1 Å². The second-order valence-corrected chi connectivity index (χ2v) is 6.47. The van der Waals surface area contributed by atoms with Gasteiger partial charge in [0.05, 0.1) is 16.4 Å². The Labute approximate surface area is 158 Å². The van der Waals surface area contributed by atoms with Crippen LogP contribution in [0.15, 0.2) is 60.7 Å². The molecule has 0 aliphatic carbocycles. The summed E-state index contributed by atoms with van der Waals surface area (Å²) in [5.74, 6) is -1.12. The third-order valence-electron chi connectivity index (χ3n) is 3.92.